The first-order chi connectivity index (χ1) is 8.41. The van der Waals surface area contributed by atoms with Gasteiger partial charge in [0.2, 0.25) is 10.0 Å². The van der Waals surface area contributed by atoms with E-state index in [4.69, 9.17) is 0 Å². The number of nitrogens with zero attached hydrogens (tertiary/aromatic N) is 1. The molecule has 4 nitrogen and oxygen atoms in total. The standard InChI is InChI=1S/C11H14BrFN2O2S/c1-8-7-15(5-4-14-8)18(16,17)11-3-2-9(12)6-10(11)13/h2-3,6,8,14H,4-5,7H2,1H3/t8-/m1/s1. The Kier molecular flexibility index (Phi) is 4.05. The van der Waals surface area contributed by atoms with Crippen molar-refractivity contribution in [3.8, 4) is 0 Å². The van der Waals surface area contributed by atoms with Crippen molar-refractivity contribution in [2.75, 3.05) is 19.6 Å². The molecule has 7 heteroatoms. The van der Waals surface area contributed by atoms with Crippen LogP contribution in [0, 0.1) is 5.82 Å². The van der Waals surface area contributed by atoms with Crippen molar-refractivity contribution in [1.82, 2.24) is 9.62 Å². The van der Waals surface area contributed by atoms with Crippen molar-refractivity contribution in [2.45, 2.75) is 17.9 Å². The van der Waals surface area contributed by atoms with Gasteiger partial charge in [0.1, 0.15) is 10.7 Å². The quantitative estimate of drug-likeness (QED) is 0.891. The summed E-state index contributed by atoms with van der Waals surface area (Å²) >= 11 is 3.11. The van der Waals surface area contributed by atoms with Crippen molar-refractivity contribution in [3.63, 3.8) is 0 Å². The molecule has 0 saturated carbocycles. The third kappa shape index (κ3) is 2.74. The third-order valence-electron chi connectivity index (χ3n) is 2.84. The van der Waals surface area contributed by atoms with Crippen molar-refractivity contribution in [2.24, 2.45) is 0 Å². The molecule has 1 heterocycles. The van der Waals surface area contributed by atoms with E-state index in [0.717, 1.165) is 0 Å². The van der Waals surface area contributed by atoms with Gasteiger partial charge in [-0.25, -0.2) is 12.8 Å². The highest BCUT2D eigenvalue weighted by Gasteiger charge is 2.30. The lowest BCUT2D eigenvalue weighted by Gasteiger charge is -2.31. The number of benzene rings is 1. The zero-order valence-electron chi connectivity index (χ0n) is 9.86. The van der Waals surface area contributed by atoms with Gasteiger partial charge in [-0.1, -0.05) is 15.9 Å². The van der Waals surface area contributed by atoms with Gasteiger partial charge >= 0.3 is 0 Å². The summed E-state index contributed by atoms with van der Waals surface area (Å²) in [6, 6.07) is 4.06. The molecule has 1 atom stereocenters. The van der Waals surface area contributed by atoms with Crippen LogP contribution in [0.2, 0.25) is 0 Å². The van der Waals surface area contributed by atoms with Crippen LogP contribution in [0.25, 0.3) is 0 Å². The van der Waals surface area contributed by atoms with E-state index in [1.165, 1.54) is 22.5 Å². The smallest absolute Gasteiger partial charge is 0.246 e. The Labute approximate surface area is 114 Å². The Morgan fingerprint density at radius 2 is 2.22 bits per heavy atom. The highest BCUT2D eigenvalue weighted by Crippen LogP contribution is 2.23. The maximum Gasteiger partial charge on any atom is 0.246 e. The normalized spacial score (nSPS) is 22.1. The SMILES string of the molecule is C[C@@H]1CN(S(=O)(=O)c2ccc(Br)cc2F)CCN1. The molecule has 1 fully saturated rings. The molecular formula is C11H14BrFN2O2S. The fourth-order valence-electron chi connectivity index (χ4n) is 1.94. The number of hydrogen-bond acceptors (Lipinski definition) is 3. The minimum Gasteiger partial charge on any atom is -0.312 e. The van der Waals surface area contributed by atoms with E-state index in [9.17, 15) is 12.8 Å². The van der Waals surface area contributed by atoms with Gasteiger partial charge in [-0.15, -0.1) is 0 Å². The van der Waals surface area contributed by atoms with Crippen LogP contribution in [-0.2, 0) is 10.0 Å². The lowest BCUT2D eigenvalue weighted by molar-refractivity contribution is 0.309. The van der Waals surface area contributed by atoms with Crippen LogP contribution in [0.15, 0.2) is 27.6 Å². The molecule has 1 aromatic carbocycles. The minimum absolute atomic E-state index is 0.0760. The fraction of sp³-hybridized carbons (Fsp3) is 0.455. The molecule has 0 aliphatic carbocycles. The van der Waals surface area contributed by atoms with Crippen molar-refractivity contribution < 1.29 is 12.8 Å². The van der Waals surface area contributed by atoms with Crippen LogP contribution < -0.4 is 5.32 Å². The van der Waals surface area contributed by atoms with Crippen LogP contribution in [0.5, 0.6) is 0 Å². The van der Waals surface area contributed by atoms with Crippen molar-refractivity contribution in [3.05, 3.63) is 28.5 Å². The summed E-state index contributed by atoms with van der Waals surface area (Å²) in [7, 11) is -3.74. The first-order valence-corrected chi connectivity index (χ1v) is 7.83. The molecule has 2 rings (SSSR count). The summed E-state index contributed by atoms with van der Waals surface area (Å²) in [4.78, 5) is -0.264. The number of nitrogens with one attached hydrogen (secondary N) is 1. The molecule has 1 aliphatic heterocycles. The average molecular weight is 337 g/mol. The predicted molar refractivity (Wildman–Crippen MR) is 70.3 cm³/mol. The Morgan fingerprint density at radius 1 is 1.50 bits per heavy atom. The van der Waals surface area contributed by atoms with Crippen LogP contribution in [0.4, 0.5) is 4.39 Å². The van der Waals surface area contributed by atoms with E-state index in [0.29, 0.717) is 24.1 Å². The maximum absolute atomic E-state index is 13.7. The molecule has 1 saturated heterocycles. The molecule has 0 aromatic heterocycles. The third-order valence-corrected chi connectivity index (χ3v) is 5.23. The average Bonchev–Trinajstić information content (AvgIpc) is 2.28. The van der Waals surface area contributed by atoms with Crippen LogP contribution >= 0.6 is 15.9 Å². The second kappa shape index (κ2) is 5.24. The van der Waals surface area contributed by atoms with E-state index >= 15 is 0 Å². The highest BCUT2D eigenvalue weighted by molar-refractivity contribution is 9.10. The first kappa shape index (κ1) is 13.9. The summed E-state index contributed by atoms with van der Waals surface area (Å²) in [5, 5.41) is 3.15. The topological polar surface area (TPSA) is 49.4 Å². The molecule has 1 aromatic rings. The van der Waals surface area contributed by atoms with Crippen molar-refractivity contribution >= 4 is 26.0 Å². The molecular weight excluding hydrogens is 323 g/mol. The zero-order valence-corrected chi connectivity index (χ0v) is 12.3. The van der Waals surface area contributed by atoms with Gasteiger partial charge in [0.05, 0.1) is 0 Å². The van der Waals surface area contributed by atoms with Gasteiger partial charge in [0.15, 0.2) is 0 Å². The Bertz CT molecular complexity index is 550. The van der Waals surface area contributed by atoms with E-state index in [1.807, 2.05) is 6.92 Å². The van der Waals surface area contributed by atoms with E-state index in [1.54, 1.807) is 0 Å². The summed E-state index contributed by atoms with van der Waals surface area (Å²) in [5.74, 6) is -0.726. The lowest BCUT2D eigenvalue weighted by atomic mass is 10.3. The van der Waals surface area contributed by atoms with Gasteiger partial charge < -0.3 is 5.32 Å². The monoisotopic (exact) mass is 336 g/mol. The summed E-state index contributed by atoms with van der Waals surface area (Å²) in [6.45, 7) is 3.21. The van der Waals surface area contributed by atoms with E-state index in [-0.39, 0.29) is 10.9 Å². The van der Waals surface area contributed by atoms with E-state index in [2.05, 4.69) is 21.2 Å². The first-order valence-electron chi connectivity index (χ1n) is 5.60. The van der Waals surface area contributed by atoms with Gasteiger partial charge in [0, 0.05) is 30.1 Å². The minimum atomic E-state index is -3.74. The Balaban J connectivity index is 2.35. The number of halogens is 2. The molecule has 0 bridgehead atoms. The van der Waals surface area contributed by atoms with Crippen LogP contribution in [0.3, 0.4) is 0 Å². The number of sulfonamides is 1. The zero-order chi connectivity index (χ0) is 13.3. The molecule has 0 amide bonds. The maximum atomic E-state index is 13.7. The Hall–Kier alpha value is -0.500. The lowest BCUT2D eigenvalue weighted by Crippen LogP contribution is -2.51. The summed E-state index contributed by atoms with van der Waals surface area (Å²) in [6.07, 6.45) is 0. The highest BCUT2D eigenvalue weighted by atomic mass is 79.9. The summed E-state index contributed by atoms with van der Waals surface area (Å²) < 4.78 is 40.2. The molecule has 0 spiro atoms. The molecule has 1 aliphatic rings. The van der Waals surface area contributed by atoms with Gasteiger partial charge in [-0.05, 0) is 25.1 Å². The largest absolute Gasteiger partial charge is 0.312 e. The number of piperazine rings is 1. The Morgan fingerprint density at radius 3 is 2.83 bits per heavy atom. The fourth-order valence-corrected chi connectivity index (χ4v) is 3.85. The van der Waals surface area contributed by atoms with Crippen LogP contribution in [-0.4, -0.2) is 38.4 Å². The second-order valence-corrected chi connectivity index (χ2v) is 7.12. The molecule has 0 radical (unpaired) electrons. The molecule has 1 N–H and O–H groups in total. The van der Waals surface area contributed by atoms with E-state index < -0.39 is 15.8 Å². The van der Waals surface area contributed by atoms with Gasteiger partial charge in [0.25, 0.3) is 0 Å². The van der Waals surface area contributed by atoms with Gasteiger partial charge in [-0.2, -0.15) is 4.31 Å². The summed E-state index contributed by atoms with van der Waals surface area (Å²) in [5.41, 5.74) is 0. The predicted octanol–water partition coefficient (Wildman–Crippen LogP) is 1.57. The molecule has 0 unspecified atom stereocenters. The van der Waals surface area contributed by atoms with Crippen LogP contribution in [0.1, 0.15) is 6.92 Å². The molecule has 100 valence electrons. The second-order valence-electron chi connectivity index (χ2n) is 4.29. The number of rotatable bonds is 2. The van der Waals surface area contributed by atoms with Gasteiger partial charge in [-0.3, -0.25) is 0 Å². The number of hydrogen-bond donors (Lipinski definition) is 1. The van der Waals surface area contributed by atoms with Crippen molar-refractivity contribution in [1.29, 1.82) is 0 Å². The molecule has 18 heavy (non-hydrogen) atoms.